The lowest BCUT2D eigenvalue weighted by Crippen LogP contribution is -2.28. The first-order chi connectivity index (χ1) is 15.8. The highest BCUT2D eigenvalue weighted by molar-refractivity contribution is 6.04. The normalized spacial score (nSPS) is 12.8. The number of aromatic nitrogens is 2. The maximum absolute atomic E-state index is 13.0. The topological polar surface area (TPSA) is 100 Å². The molecule has 0 aliphatic heterocycles. The number of alkyl halides is 3. The second-order valence-corrected chi connectivity index (χ2v) is 7.29. The minimum atomic E-state index is -4.45. The Morgan fingerprint density at radius 2 is 1.85 bits per heavy atom. The van der Waals surface area contributed by atoms with Crippen molar-refractivity contribution in [1.29, 1.82) is 0 Å². The smallest absolute Gasteiger partial charge is 0.416 e. The van der Waals surface area contributed by atoms with Crippen LogP contribution in [0.1, 0.15) is 18.4 Å². The quantitative estimate of drug-likeness (QED) is 0.399. The van der Waals surface area contributed by atoms with Crippen molar-refractivity contribution < 1.29 is 31.9 Å². The Balaban J connectivity index is 1.78. The predicted octanol–water partition coefficient (Wildman–Crippen LogP) is 4.72. The summed E-state index contributed by atoms with van der Waals surface area (Å²) in [6.45, 7) is 0.0956. The number of methoxy groups -OCH3 is 1. The third-order valence-corrected chi connectivity index (χ3v) is 5.10. The van der Waals surface area contributed by atoms with Gasteiger partial charge in [-0.2, -0.15) is 18.2 Å². The molecule has 0 amide bonds. The maximum atomic E-state index is 13.0. The summed E-state index contributed by atoms with van der Waals surface area (Å²) in [4.78, 5) is 20.5. The Kier molecular flexibility index (Phi) is 6.19. The zero-order valence-corrected chi connectivity index (χ0v) is 17.6. The number of ether oxygens (including phenoxy) is 2. The lowest BCUT2D eigenvalue weighted by molar-refractivity contribution is -0.141. The minimum absolute atomic E-state index is 0.0893. The van der Waals surface area contributed by atoms with E-state index < -0.39 is 23.8 Å². The number of nitrogens with two attached hydrogens (primary N) is 1. The van der Waals surface area contributed by atoms with Crippen molar-refractivity contribution in [2.75, 3.05) is 13.7 Å². The van der Waals surface area contributed by atoms with Crippen LogP contribution in [0, 0.1) is 0 Å². The van der Waals surface area contributed by atoms with Gasteiger partial charge in [-0.3, -0.25) is 4.79 Å². The van der Waals surface area contributed by atoms with Crippen molar-refractivity contribution in [3.05, 3.63) is 54.1 Å². The number of hydrogen-bond donors (Lipinski definition) is 1. The first-order valence-corrected chi connectivity index (χ1v) is 10.1. The summed E-state index contributed by atoms with van der Waals surface area (Å²) in [7, 11) is 1.29. The fraction of sp³-hybridized carbons (Fsp3) is 0.261. The van der Waals surface area contributed by atoms with E-state index in [0.717, 1.165) is 12.1 Å². The van der Waals surface area contributed by atoms with Gasteiger partial charge in [0.05, 0.1) is 12.7 Å². The Hall–Kier alpha value is -3.66. The Bertz CT molecular complexity index is 1290. The number of carbonyl (C=O) groups excluding carboxylic acids is 1. The molecule has 0 spiro atoms. The molecule has 10 heteroatoms. The number of rotatable bonds is 7. The number of carbonyl (C=O) groups is 1. The van der Waals surface area contributed by atoms with E-state index in [4.69, 9.17) is 14.9 Å². The number of furan rings is 1. The predicted molar refractivity (Wildman–Crippen MR) is 114 cm³/mol. The van der Waals surface area contributed by atoms with Crippen molar-refractivity contribution in [1.82, 2.24) is 9.97 Å². The molecule has 33 heavy (non-hydrogen) atoms. The zero-order valence-electron chi connectivity index (χ0n) is 17.6. The molecule has 1 atom stereocenters. The van der Waals surface area contributed by atoms with E-state index in [1.165, 1.54) is 19.2 Å². The van der Waals surface area contributed by atoms with Crippen LogP contribution >= 0.6 is 0 Å². The molecule has 4 rings (SSSR count). The molecule has 7 nitrogen and oxygen atoms in total. The number of fused-ring (bicyclic) bond motifs is 3. The third kappa shape index (κ3) is 4.75. The summed E-state index contributed by atoms with van der Waals surface area (Å²) in [6, 6.07) is 11.7. The van der Waals surface area contributed by atoms with Gasteiger partial charge < -0.3 is 19.6 Å². The van der Waals surface area contributed by atoms with Gasteiger partial charge >= 0.3 is 12.1 Å². The van der Waals surface area contributed by atoms with Gasteiger partial charge in [0.1, 0.15) is 17.2 Å². The molecule has 2 N–H and O–H groups in total. The Morgan fingerprint density at radius 3 is 2.52 bits per heavy atom. The SMILES string of the molecule is COC(=O)CCC(CN)Oc1nc(-c2ccc(C(F)(F)F)cc2)nc2c1oc1ccccc12. The summed E-state index contributed by atoms with van der Waals surface area (Å²) in [5, 5.41) is 0.701. The van der Waals surface area contributed by atoms with Gasteiger partial charge in [0.25, 0.3) is 5.88 Å². The largest absolute Gasteiger partial charge is 0.470 e. The number of nitrogens with zero attached hydrogens (tertiary/aromatic N) is 2. The molecule has 2 heterocycles. The Labute approximate surface area is 186 Å². The summed E-state index contributed by atoms with van der Waals surface area (Å²) in [5.41, 5.74) is 6.70. The van der Waals surface area contributed by atoms with Crippen LogP contribution in [-0.2, 0) is 15.7 Å². The minimum Gasteiger partial charge on any atom is -0.470 e. The molecule has 0 fully saturated rings. The molecule has 1 unspecified atom stereocenters. The molecule has 4 aromatic rings. The summed E-state index contributed by atoms with van der Waals surface area (Å²) in [6.07, 6.45) is -4.65. The highest BCUT2D eigenvalue weighted by atomic mass is 19.4. The van der Waals surface area contributed by atoms with Crippen molar-refractivity contribution in [2.45, 2.75) is 25.1 Å². The Morgan fingerprint density at radius 1 is 1.12 bits per heavy atom. The van der Waals surface area contributed by atoms with Gasteiger partial charge in [-0.25, -0.2) is 4.98 Å². The van der Waals surface area contributed by atoms with Crippen LogP contribution < -0.4 is 10.5 Å². The zero-order chi connectivity index (χ0) is 23.6. The van der Waals surface area contributed by atoms with Crippen LogP contribution in [0.5, 0.6) is 5.88 Å². The van der Waals surface area contributed by atoms with Gasteiger partial charge in [0, 0.05) is 23.9 Å². The van der Waals surface area contributed by atoms with Crippen molar-refractivity contribution in [2.24, 2.45) is 5.73 Å². The standard InChI is InChI=1S/C23H20F3N3O4/c1-31-18(30)11-10-15(12-27)32-22-20-19(16-4-2-3-5-17(16)33-20)28-21(29-22)13-6-8-14(9-7-13)23(24,25)26/h2-9,15H,10-12,27H2,1H3. The first kappa shape index (κ1) is 22.5. The lowest BCUT2D eigenvalue weighted by Gasteiger charge is -2.16. The molecule has 0 radical (unpaired) electrons. The van der Waals surface area contributed by atoms with Crippen LogP contribution in [0.3, 0.4) is 0 Å². The number of esters is 1. The molecular formula is C23H20F3N3O4. The second kappa shape index (κ2) is 9.07. The molecular weight excluding hydrogens is 439 g/mol. The van der Waals surface area contributed by atoms with Crippen molar-refractivity contribution >= 4 is 28.0 Å². The van der Waals surface area contributed by atoms with Crippen LogP contribution in [-0.4, -0.2) is 35.7 Å². The molecule has 2 aromatic carbocycles. The van der Waals surface area contributed by atoms with Gasteiger partial charge in [0.2, 0.25) is 5.58 Å². The van der Waals surface area contributed by atoms with Crippen LogP contribution in [0.15, 0.2) is 52.9 Å². The molecule has 0 aliphatic rings. The number of benzene rings is 2. The fourth-order valence-corrected chi connectivity index (χ4v) is 3.35. The fourth-order valence-electron chi connectivity index (χ4n) is 3.35. The molecule has 172 valence electrons. The highest BCUT2D eigenvalue weighted by Crippen LogP contribution is 2.36. The van der Waals surface area contributed by atoms with E-state index in [0.29, 0.717) is 22.0 Å². The third-order valence-electron chi connectivity index (χ3n) is 5.10. The van der Waals surface area contributed by atoms with Gasteiger partial charge in [-0.15, -0.1) is 0 Å². The van der Waals surface area contributed by atoms with Crippen molar-refractivity contribution in [3.63, 3.8) is 0 Å². The van der Waals surface area contributed by atoms with Gasteiger partial charge in [-0.1, -0.05) is 24.3 Å². The first-order valence-electron chi connectivity index (χ1n) is 10.1. The van der Waals surface area contributed by atoms with E-state index in [1.54, 1.807) is 12.1 Å². The molecule has 0 aliphatic carbocycles. The van der Waals surface area contributed by atoms with Gasteiger partial charge in [-0.05, 0) is 30.7 Å². The van der Waals surface area contributed by atoms with Crippen LogP contribution in [0.2, 0.25) is 0 Å². The molecule has 0 saturated heterocycles. The average molecular weight is 459 g/mol. The average Bonchev–Trinajstić information content (AvgIpc) is 3.20. The molecule has 2 aromatic heterocycles. The van der Waals surface area contributed by atoms with E-state index in [9.17, 15) is 18.0 Å². The monoisotopic (exact) mass is 459 g/mol. The lowest BCUT2D eigenvalue weighted by atomic mass is 10.1. The second-order valence-electron chi connectivity index (χ2n) is 7.29. The number of halogens is 3. The summed E-state index contributed by atoms with van der Waals surface area (Å²) >= 11 is 0. The highest BCUT2D eigenvalue weighted by Gasteiger charge is 2.30. The number of hydrogen-bond acceptors (Lipinski definition) is 7. The van der Waals surface area contributed by atoms with E-state index in [2.05, 4.69) is 14.7 Å². The van der Waals surface area contributed by atoms with Crippen LogP contribution in [0.4, 0.5) is 13.2 Å². The number of para-hydroxylation sites is 1. The van der Waals surface area contributed by atoms with E-state index >= 15 is 0 Å². The van der Waals surface area contributed by atoms with Crippen LogP contribution in [0.25, 0.3) is 33.5 Å². The van der Waals surface area contributed by atoms with E-state index in [1.807, 2.05) is 12.1 Å². The molecule has 0 saturated carbocycles. The van der Waals surface area contributed by atoms with Gasteiger partial charge in [0.15, 0.2) is 5.82 Å². The summed E-state index contributed by atoms with van der Waals surface area (Å²) < 4.78 is 55.4. The maximum Gasteiger partial charge on any atom is 0.416 e. The molecule has 0 bridgehead atoms. The van der Waals surface area contributed by atoms with Crippen molar-refractivity contribution in [3.8, 4) is 17.3 Å². The summed E-state index contributed by atoms with van der Waals surface area (Å²) in [5.74, 6) is -0.146. The van der Waals surface area contributed by atoms with E-state index in [-0.39, 0.29) is 36.7 Å².